The lowest BCUT2D eigenvalue weighted by Crippen LogP contribution is -2.42. The molecule has 0 spiro atoms. The molecular weight excluding hydrogens is 373 g/mol. The van der Waals surface area contributed by atoms with Crippen molar-refractivity contribution in [3.63, 3.8) is 0 Å². The normalized spacial score (nSPS) is 18.6. The zero-order valence-corrected chi connectivity index (χ0v) is 15.0. The molecule has 124 valence electrons. The highest BCUT2D eigenvalue weighted by Gasteiger charge is 2.21. The van der Waals surface area contributed by atoms with Gasteiger partial charge in [0.2, 0.25) is 5.91 Å². The van der Waals surface area contributed by atoms with Crippen LogP contribution in [0.2, 0.25) is 0 Å². The Labute approximate surface area is 145 Å². The zero-order chi connectivity index (χ0) is 15.2. The van der Waals surface area contributed by atoms with Crippen molar-refractivity contribution in [3.05, 3.63) is 28.5 Å². The van der Waals surface area contributed by atoms with Crippen LogP contribution in [0.25, 0.3) is 0 Å². The van der Waals surface area contributed by atoms with Gasteiger partial charge in [0.05, 0.1) is 12.2 Å². The Kier molecular flexibility index (Phi) is 8.31. The Hall–Kier alpha value is -0.690. The number of amides is 1. The predicted octanol–water partition coefficient (Wildman–Crippen LogP) is 2.88. The molecule has 22 heavy (non-hydrogen) atoms. The molecule has 1 unspecified atom stereocenters. The first-order valence-corrected chi connectivity index (χ1v) is 7.99. The molecule has 4 nitrogen and oxygen atoms in total. The van der Waals surface area contributed by atoms with Gasteiger partial charge in [0, 0.05) is 11.0 Å². The summed E-state index contributed by atoms with van der Waals surface area (Å²) in [6.07, 6.45) is 2.30. The maximum Gasteiger partial charge on any atom is 0.238 e. The van der Waals surface area contributed by atoms with Crippen LogP contribution in [0.5, 0.6) is 0 Å². The second kappa shape index (κ2) is 9.45. The van der Waals surface area contributed by atoms with Gasteiger partial charge in [0.15, 0.2) is 0 Å². The van der Waals surface area contributed by atoms with E-state index in [-0.39, 0.29) is 24.0 Å². The molecule has 0 aromatic heterocycles. The molecule has 0 radical (unpaired) electrons. The summed E-state index contributed by atoms with van der Waals surface area (Å²) in [6, 6.07) is 4.62. The molecule has 1 atom stereocenters. The summed E-state index contributed by atoms with van der Waals surface area (Å²) in [5.41, 5.74) is 0.229. The molecule has 2 N–H and O–H groups in total. The number of likely N-dealkylation sites (tertiary alicyclic amines) is 1. The van der Waals surface area contributed by atoms with Crippen molar-refractivity contribution in [3.8, 4) is 0 Å². The van der Waals surface area contributed by atoms with Gasteiger partial charge >= 0.3 is 0 Å². The third kappa shape index (κ3) is 5.83. The van der Waals surface area contributed by atoms with E-state index in [1.54, 1.807) is 12.1 Å². The molecule has 0 saturated carbocycles. The number of benzene rings is 1. The number of carbonyl (C=O) groups is 1. The highest BCUT2D eigenvalue weighted by molar-refractivity contribution is 9.10. The van der Waals surface area contributed by atoms with E-state index in [2.05, 4.69) is 31.5 Å². The first kappa shape index (κ1) is 19.4. The van der Waals surface area contributed by atoms with Crippen LogP contribution in [0.4, 0.5) is 10.1 Å². The van der Waals surface area contributed by atoms with Crippen LogP contribution in [-0.2, 0) is 4.79 Å². The van der Waals surface area contributed by atoms with Crippen molar-refractivity contribution < 1.29 is 9.18 Å². The molecule has 1 amide bonds. The summed E-state index contributed by atoms with van der Waals surface area (Å²) in [6.45, 7) is 3.13. The number of nitrogens with zero attached hydrogens (tertiary/aromatic N) is 1. The second-order valence-corrected chi connectivity index (χ2v) is 6.39. The van der Waals surface area contributed by atoms with Crippen LogP contribution in [0.1, 0.15) is 12.8 Å². The second-order valence-electron chi connectivity index (χ2n) is 5.47. The zero-order valence-electron chi connectivity index (χ0n) is 12.6. The number of rotatable bonds is 5. The number of anilines is 1. The number of hydrogen-bond donors (Lipinski definition) is 2. The topological polar surface area (TPSA) is 44.4 Å². The number of hydrogen-bond acceptors (Lipinski definition) is 3. The summed E-state index contributed by atoms with van der Waals surface area (Å²) in [5, 5.41) is 5.82. The van der Waals surface area contributed by atoms with E-state index >= 15 is 0 Å². The van der Waals surface area contributed by atoms with E-state index in [1.165, 1.54) is 12.5 Å². The Morgan fingerprint density at radius 3 is 2.95 bits per heavy atom. The molecule has 1 saturated heterocycles. The Morgan fingerprint density at radius 1 is 1.50 bits per heavy atom. The molecule has 1 heterocycles. The molecule has 1 aromatic rings. The summed E-state index contributed by atoms with van der Waals surface area (Å²) >= 11 is 3.20. The average Bonchev–Trinajstić information content (AvgIpc) is 2.43. The molecule has 0 aliphatic carbocycles. The summed E-state index contributed by atoms with van der Waals surface area (Å²) in [5.74, 6) is -0.00766. The van der Waals surface area contributed by atoms with E-state index in [1.807, 2.05) is 7.05 Å². The molecule has 1 aliphatic heterocycles. The number of piperidine rings is 1. The molecule has 0 bridgehead atoms. The van der Waals surface area contributed by atoms with Crippen molar-refractivity contribution in [1.29, 1.82) is 0 Å². The van der Waals surface area contributed by atoms with Gasteiger partial charge in [-0.3, -0.25) is 9.69 Å². The van der Waals surface area contributed by atoms with Crippen LogP contribution in [0.3, 0.4) is 0 Å². The molecule has 7 heteroatoms. The van der Waals surface area contributed by atoms with Gasteiger partial charge < -0.3 is 10.6 Å². The van der Waals surface area contributed by atoms with Gasteiger partial charge in [-0.25, -0.2) is 4.39 Å². The van der Waals surface area contributed by atoms with Crippen LogP contribution < -0.4 is 10.6 Å². The summed E-state index contributed by atoms with van der Waals surface area (Å²) in [7, 11) is 1.95. The third-order valence-electron chi connectivity index (χ3n) is 3.67. The van der Waals surface area contributed by atoms with Gasteiger partial charge in [-0.15, -0.1) is 12.4 Å². The first-order valence-electron chi connectivity index (χ1n) is 7.20. The number of carbonyl (C=O) groups excluding carboxylic acids is 1. The van der Waals surface area contributed by atoms with Crippen molar-refractivity contribution in [2.75, 3.05) is 38.5 Å². The minimum Gasteiger partial charge on any atom is -0.322 e. The Balaban J connectivity index is 0.00000242. The van der Waals surface area contributed by atoms with E-state index in [9.17, 15) is 9.18 Å². The van der Waals surface area contributed by atoms with Gasteiger partial charge in [-0.1, -0.05) is 15.9 Å². The molecule has 1 aliphatic rings. The molecular formula is C15H22BrClFN3O. The summed E-state index contributed by atoms with van der Waals surface area (Å²) in [4.78, 5) is 14.2. The third-order valence-corrected chi connectivity index (χ3v) is 4.16. The van der Waals surface area contributed by atoms with Crippen molar-refractivity contribution in [1.82, 2.24) is 10.2 Å². The maximum atomic E-state index is 13.7. The van der Waals surface area contributed by atoms with Gasteiger partial charge in [0.1, 0.15) is 5.82 Å². The number of halogens is 3. The highest BCUT2D eigenvalue weighted by atomic mass is 79.9. The number of nitrogens with one attached hydrogen (secondary N) is 2. The SMILES string of the molecule is CNCC1CCCN(CC(=O)Nc2ccc(Br)cc2F)C1.Cl. The van der Waals surface area contributed by atoms with Gasteiger partial charge in [-0.05, 0) is 57.1 Å². The van der Waals surface area contributed by atoms with Gasteiger partial charge in [-0.2, -0.15) is 0 Å². The molecule has 2 rings (SSSR count). The Morgan fingerprint density at radius 2 is 2.27 bits per heavy atom. The van der Waals surface area contributed by atoms with Crippen LogP contribution >= 0.6 is 28.3 Å². The molecule has 1 aromatic carbocycles. The smallest absolute Gasteiger partial charge is 0.238 e. The molecule has 1 fully saturated rings. The fraction of sp³-hybridized carbons (Fsp3) is 0.533. The first-order chi connectivity index (χ1) is 10.1. The average molecular weight is 395 g/mol. The van der Waals surface area contributed by atoms with E-state index in [0.29, 0.717) is 16.9 Å². The van der Waals surface area contributed by atoms with Crippen LogP contribution in [-0.4, -0.2) is 44.0 Å². The monoisotopic (exact) mass is 393 g/mol. The Bertz CT molecular complexity index is 502. The van der Waals surface area contributed by atoms with E-state index in [4.69, 9.17) is 0 Å². The lowest BCUT2D eigenvalue weighted by Gasteiger charge is -2.32. The largest absolute Gasteiger partial charge is 0.322 e. The lowest BCUT2D eigenvalue weighted by molar-refractivity contribution is -0.117. The van der Waals surface area contributed by atoms with E-state index in [0.717, 1.165) is 26.1 Å². The quantitative estimate of drug-likeness (QED) is 0.807. The van der Waals surface area contributed by atoms with Crippen molar-refractivity contribution >= 4 is 39.9 Å². The minimum atomic E-state index is -0.426. The van der Waals surface area contributed by atoms with E-state index < -0.39 is 5.82 Å². The van der Waals surface area contributed by atoms with Gasteiger partial charge in [0.25, 0.3) is 0 Å². The fourth-order valence-corrected chi connectivity index (χ4v) is 3.07. The standard InChI is InChI=1S/C15H21BrFN3O.ClH/c1-18-8-11-3-2-6-20(9-11)10-15(21)19-14-5-4-12(16)7-13(14)17;/h4-5,7,11,18H,2-3,6,8-10H2,1H3,(H,19,21);1H. The van der Waals surface area contributed by atoms with Crippen LogP contribution in [0.15, 0.2) is 22.7 Å². The fourth-order valence-electron chi connectivity index (χ4n) is 2.73. The minimum absolute atomic E-state index is 0. The lowest BCUT2D eigenvalue weighted by atomic mass is 9.98. The van der Waals surface area contributed by atoms with Crippen LogP contribution in [0, 0.1) is 11.7 Å². The maximum absolute atomic E-state index is 13.7. The summed E-state index contributed by atoms with van der Waals surface area (Å²) < 4.78 is 14.3. The van der Waals surface area contributed by atoms with Crippen molar-refractivity contribution in [2.24, 2.45) is 5.92 Å². The highest BCUT2D eigenvalue weighted by Crippen LogP contribution is 2.20. The predicted molar refractivity (Wildman–Crippen MR) is 93.1 cm³/mol. The van der Waals surface area contributed by atoms with Crippen molar-refractivity contribution in [2.45, 2.75) is 12.8 Å².